The first-order valence-corrected chi connectivity index (χ1v) is 4.52. The second kappa shape index (κ2) is 3.55. The second-order valence-electron chi connectivity index (χ2n) is 3.33. The van der Waals surface area contributed by atoms with E-state index in [9.17, 15) is 13.9 Å². The van der Waals surface area contributed by atoms with Gasteiger partial charge in [-0.3, -0.25) is 4.98 Å². The van der Waals surface area contributed by atoms with Gasteiger partial charge in [0.1, 0.15) is 11.6 Å². The lowest BCUT2D eigenvalue weighted by molar-refractivity contribution is 0.189. The normalized spacial score (nSPS) is 13.1. The number of nitrogens with zero attached hydrogens (tertiary/aromatic N) is 1. The quantitative estimate of drug-likeness (QED) is 0.783. The summed E-state index contributed by atoms with van der Waals surface area (Å²) in [7, 11) is 0. The Kier molecular flexibility index (Phi) is 2.36. The average Bonchev–Trinajstić information content (AvgIpc) is 2.17. The summed E-state index contributed by atoms with van der Waals surface area (Å²) < 4.78 is 27.1. The first-order chi connectivity index (χ1) is 7.11. The van der Waals surface area contributed by atoms with Crippen molar-refractivity contribution in [2.24, 2.45) is 0 Å². The molecule has 0 saturated carbocycles. The number of hydrogen-bond acceptors (Lipinski definition) is 2. The van der Waals surface area contributed by atoms with Crippen molar-refractivity contribution in [2.45, 2.75) is 13.0 Å². The van der Waals surface area contributed by atoms with E-state index in [1.54, 1.807) is 6.07 Å². The Hall–Kier alpha value is -1.55. The zero-order valence-electron chi connectivity index (χ0n) is 8.04. The number of pyridine rings is 1. The van der Waals surface area contributed by atoms with Crippen LogP contribution in [0.4, 0.5) is 8.78 Å². The summed E-state index contributed by atoms with van der Waals surface area (Å²) in [4.78, 5) is 3.84. The first-order valence-electron chi connectivity index (χ1n) is 4.52. The summed E-state index contributed by atoms with van der Waals surface area (Å²) in [5.74, 6) is -1.51. The molecule has 1 aromatic heterocycles. The molecule has 0 radical (unpaired) electrons. The van der Waals surface area contributed by atoms with Gasteiger partial charge in [-0.1, -0.05) is 0 Å². The SMILES string of the molecule is CC(O)c1c(F)cc2ncccc2c1F. The highest BCUT2D eigenvalue weighted by Crippen LogP contribution is 2.26. The fraction of sp³-hybridized carbons (Fsp3) is 0.182. The van der Waals surface area contributed by atoms with Crippen LogP contribution in [0.2, 0.25) is 0 Å². The van der Waals surface area contributed by atoms with Crippen LogP contribution >= 0.6 is 0 Å². The zero-order chi connectivity index (χ0) is 11.0. The van der Waals surface area contributed by atoms with Crippen molar-refractivity contribution in [3.63, 3.8) is 0 Å². The van der Waals surface area contributed by atoms with E-state index in [1.165, 1.54) is 19.2 Å². The number of aliphatic hydroxyl groups is 1. The average molecular weight is 209 g/mol. The van der Waals surface area contributed by atoms with Crippen molar-refractivity contribution < 1.29 is 13.9 Å². The number of fused-ring (bicyclic) bond motifs is 1. The molecule has 0 fully saturated rings. The third kappa shape index (κ3) is 1.57. The van der Waals surface area contributed by atoms with Gasteiger partial charge in [-0.05, 0) is 19.1 Å². The molecule has 0 saturated heterocycles. The van der Waals surface area contributed by atoms with E-state index in [0.717, 1.165) is 6.07 Å². The number of benzene rings is 1. The van der Waals surface area contributed by atoms with Crippen molar-refractivity contribution in [1.29, 1.82) is 0 Å². The maximum Gasteiger partial charge on any atom is 0.141 e. The second-order valence-corrected chi connectivity index (χ2v) is 3.33. The number of hydrogen-bond donors (Lipinski definition) is 1. The maximum absolute atomic E-state index is 13.7. The summed E-state index contributed by atoms with van der Waals surface area (Å²) in [6.45, 7) is 1.32. The molecule has 78 valence electrons. The molecule has 0 aliphatic heterocycles. The lowest BCUT2D eigenvalue weighted by Gasteiger charge is -2.09. The predicted molar refractivity (Wildman–Crippen MR) is 52.3 cm³/mol. The lowest BCUT2D eigenvalue weighted by atomic mass is 10.1. The van der Waals surface area contributed by atoms with Crippen LogP contribution < -0.4 is 0 Å². The third-order valence-electron chi connectivity index (χ3n) is 2.25. The standard InChI is InChI=1S/C11H9F2NO/c1-6(15)10-8(12)5-9-7(11(10)13)3-2-4-14-9/h2-6,15H,1H3. The molecule has 1 N–H and O–H groups in total. The summed E-state index contributed by atoms with van der Waals surface area (Å²) in [5.41, 5.74) is -0.0626. The van der Waals surface area contributed by atoms with Crippen LogP contribution in [0.3, 0.4) is 0 Å². The molecule has 0 aliphatic rings. The van der Waals surface area contributed by atoms with Crippen LogP contribution in [-0.2, 0) is 0 Å². The van der Waals surface area contributed by atoms with Crippen LogP contribution in [0.1, 0.15) is 18.6 Å². The summed E-state index contributed by atoms with van der Waals surface area (Å²) >= 11 is 0. The van der Waals surface area contributed by atoms with Gasteiger partial charge in [0, 0.05) is 17.6 Å². The Morgan fingerprint density at radius 3 is 2.80 bits per heavy atom. The maximum atomic E-state index is 13.7. The third-order valence-corrected chi connectivity index (χ3v) is 2.25. The van der Waals surface area contributed by atoms with E-state index >= 15 is 0 Å². The fourth-order valence-electron chi connectivity index (χ4n) is 1.55. The zero-order valence-corrected chi connectivity index (χ0v) is 8.04. The molecule has 0 spiro atoms. The summed E-state index contributed by atoms with van der Waals surface area (Å²) in [5, 5.41) is 9.46. The molecule has 1 heterocycles. The lowest BCUT2D eigenvalue weighted by Crippen LogP contribution is -2.01. The van der Waals surface area contributed by atoms with Crippen LogP contribution in [0, 0.1) is 11.6 Å². The highest BCUT2D eigenvalue weighted by atomic mass is 19.1. The molecule has 0 bridgehead atoms. The van der Waals surface area contributed by atoms with Crippen LogP contribution in [0.15, 0.2) is 24.4 Å². The van der Waals surface area contributed by atoms with Gasteiger partial charge in [0.2, 0.25) is 0 Å². The van der Waals surface area contributed by atoms with E-state index in [-0.39, 0.29) is 16.5 Å². The van der Waals surface area contributed by atoms with E-state index in [0.29, 0.717) is 0 Å². The van der Waals surface area contributed by atoms with E-state index in [1.807, 2.05) is 0 Å². The van der Waals surface area contributed by atoms with Crippen LogP contribution in [-0.4, -0.2) is 10.1 Å². The molecule has 1 unspecified atom stereocenters. The Labute approximate surface area is 85.2 Å². The molecule has 1 aromatic carbocycles. The van der Waals surface area contributed by atoms with Gasteiger partial charge in [-0.15, -0.1) is 0 Å². The molecule has 15 heavy (non-hydrogen) atoms. The van der Waals surface area contributed by atoms with E-state index in [2.05, 4.69) is 4.98 Å². The van der Waals surface area contributed by atoms with Gasteiger partial charge in [-0.2, -0.15) is 0 Å². The largest absolute Gasteiger partial charge is 0.388 e. The smallest absolute Gasteiger partial charge is 0.141 e. The van der Waals surface area contributed by atoms with E-state index < -0.39 is 17.7 Å². The number of aromatic nitrogens is 1. The molecular weight excluding hydrogens is 200 g/mol. The first kappa shape index (κ1) is 9.98. The molecule has 2 aromatic rings. The minimum atomic E-state index is -1.17. The van der Waals surface area contributed by atoms with Crippen molar-refractivity contribution in [1.82, 2.24) is 4.98 Å². The minimum Gasteiger partial charge on any atom is -0.388 e. The Bertz CT molecular complexity index is 511. The predicted octanol–water partition coefficient (Wildman–Crippen LogP) is 2.57. The number of rotatable bonds is 1. The van der Waals surface area contributed by atoms with Crippen molar-refractivity contribution >= 4 is 10.9 Å². The molecule has 1 atom stereocenters. The van der Waals surface area contributed by atoms with E-state index in [4.69, 9.17) is 0 Å². The number of halogens is 2. The molecule has 4 heteroatoms. The molecule has 0 aliphatic carbocycles. The van der Waals surface area contributed by atoms with Crippen LogP contribution in [0.25, 0.3) is 10.9 Å². The highest BCUT2D eigenvalue weighted by Gasteiger charge is 2.17. The van der Waals surface area contributed by atoms with Crippen molar-refractivity contribution in [3.8, 4) is 0 Å². The Morgan fingerprint density at radius 1 is 1.40 bits per heavy atom. The minimum absolute atomic E-state index is 0.217. The highest BCUT2D eigenvalue weighted by molar-refractivity contribution is 5.80. The molecular formula is C11H9F2NO. The van der Waals surface area contributed by atoms with Gasteiger partial charge in [-0.25, -0.2) is 8.78 Å². The van der Waals surface area contributed by atoms with Crippen LogP contribution in [0.5, 0.6) is 0 Å². The summed E-state index contributed by atoms with van der Waals surface area (Å²) in [6, 6.07) is 4.19. The summed E-state index contributed by atoms with van der Waals surface area (Å²) in [6.07, 6.45) is 0.290. The van der Waals surface area contributed by atoms with Gasteiger partial charge in [0.25, 0.3) is 0 Å². The Balaban J connectivity index is 2.84. The number of aliphatic hydroxyl groups excluding tert-OH is 1. The fourth-order valence-corrected chi connectivity index (χ4v) is 1.55. The topological polar surface area (TPSA) is 33.1 Å². The van der Waals surface area contributed by atoms with Gasteiger partial charge in [0.15, 0.2) is 0 Å². The van der Waals surface area contributed by atoms with Gasteiger partial charge >= 0.3 is 0 Å². The molecule has 0 amide bonds. The van der Waals surface area contributed by atoms with Gasteiger partial charge < -0.3 is 5.11 Å². The molecule has 2 rings (SSSR count). The molecule has 2 nitrogen and oxygen atoms in total. The van der Waals surface area contributed by atoms with Gasteiger partial charge in [0.05, 0.1) is 17.2 Å². The monoisotopic (exact) mass is 209 g/mol. The van der Waals surface area contributed by atoms with Crippen molar-refractivity contribution in [3.05, 3.63) is 41.6 Å². The Morgan fingerprint density at radius 2 is 2.13 bits per heavy atom. The van der Waals surface area contributed by atoms with Crippen molar-refractivity contribution in [2.75, 3.05) is 0 Å².